The van der Waals surface area contributed by atoms with Crippen LogP contribution < -0.4 is 4.74 Å². The lowest BCUT2D eigenvalue weighted by atomic mass is 10.2. The van der Waals surface area contributed by atoms with E-state index < -0.39 is 12.1 Å². The SMILES string of the molecule is CC(Oc1ccccc1C(=O)O)C(=O)N1CCCCCC1. The molecule has 1 aliphatic rings. The van der Waals surface area contributed by atoms with Crippen LogP contribution >= 0.6 is 0 Å². The molecule has 0 aliphatic carbocycles. The van der Waals surface area contributed by atoms with Crippen molar-refractivity contribution in [3.05, 3.63) is 29.8 Å². The number of carbonyl (C=O) groups excluding carboxylic acids is 1. The van der Waals surface area contributed by atoms with Crippen LogP contribution in [0.1, 0.15) is 43.0 Å². The number of ether oxygens (including phenoxy) is 1. The van der Waals surface area contributed by atoms with Crippen molar-refractivity contribution in [3.63, 3.8) is 0 Å². The lowest BCUT2D eigenvalue weighted by molar-refractivity contribution is -0.137. The van der Waals surface area contributed by atoms with E-state index in [2.05, 4.69) is 0 Å². The van der Waals surface area contributed by atoms with Gasteiger partial charge < -0.3 is 14.7 Å². The molecular formula is C16H21NO4. The summed E-state index contributed by atoms with van der Waals surface area (Å²) in [6.07, 6.45) is 3.67. The molecule has 0 spiro atoms. The van der Waals surface area contributed by atoms with Crippen LogP contribution in [0.5, 0.6) is 5.75 Å². The van der Waals surface area contributed by atoms with Crippen molar-refractivity contribution in [2.75, 3.05) is 13.1 Å². The Balaban J connectivity index is 2.05. The van der Waals surface area contributed by atoms with Crippen LogP contribution in [-0.4, -0.2) is 41.1 Å². The molecule has 1 aromatic carbocycles. The van der Waals surface area contributed by atoms with Gasteiger partial charge >= 0.3 is 5.97 Å². The Kier molecular flexibility index (Phi) is 5.20. The van der Waals surface area contributed by atoms with Gasteiger partial charge in [0.25, 0.3) is 5.91 Å². The molecule has 1 atom stereocenters. The van der Waals surface area contributed by atoms with Crippen molar-refractivity contribution < 1.29 is 19.4 Å². The first-order valence-corrected chi connectivity index (χ1v) is 7.37. The summed E-state index contributed by atoms with van der Waals surface area (Å²) in [4.78, 5) is 25.4. The van der Waals surface area contributed by atoms with Crippen molar-refractivity contribution in [2.45, 2.75) is 38.7 Å². The van der Waals surface area contributed by atoms with E-state index in [4.69, 9.17) is 9.84 Å². The zero-order valence-electron chi connectivity index (χ0n) is 12.2. The molecule has 2 rings (SSSR count). The predicted molar refractivity (Wildman–Crippen MR) is 78.5 cm³/mol. The molecule has 21 heavy (non-hydrogen) atoms. The number of hydrogen-bond donors (Lipinski definition) is 1. The first-order valence-electron chi connectivity index (χ1n) is 7.37. The third-order valence-corrected chi connectivity index (χ3v) is 3.69. The summed E-state index contributed by atoms with van der Waals surface area (Å²) < 4.78 is 5.59. The van der Waals surface area contributed by atoms with Crippen LogP contribution in [0.4, 0.5) is 0 Å². The van der Waals surface area contributed by atoms with Gasteiger partial charge in [0.2, 0.25) is 0 Å². The van der Waals surface area contributed by atoms with Gasteiger partial charge in [-0.05, 0) is 31.9 Å². The Labute approximate surface area is 124 Å². The van der Waals surface area contributed by atoms with Gasteiger partial charge in [-0.2, -0.15) is 0 Å². The van der Waals surface area contributed by atoms with Gasteiger partial charge in [0.05, 0.1) is 0 Å². The van der Waals surface area contributed by atoms with Crippen LogP contribution in [0.15, 0.2) is 24.3 Å². The number of likely N-dealkylation sites (tertiary alicyclic amines) is 1. The van der Waals surface area contributed by atoms with Gasteiger partial charge in [-0.1, -0.05) is 25.0 Å². The molecule has 1 aromatic rings. The number of amides is 1. The van der Waals surface area contributed by atoms with E-state index in [9.17, 15) is 9.59 Å². The molecule has 1 amide bonds. The van der Waals surface area contributed by atoms with E-state index in [1.54, 1.807) is 25.1 Å². The number of benzene rings is 1. The van der Waals surface area contributed by atoms with Crippen LogP contribution in [0, 0.1) is 0 Å². The van der Waals surface area contributed by atoms with Gasteiger partial charge in [0.15, 0.2) is 6.10 Å². The fourth-order valence-corrected chi connectivity index (χ4v) is 2.54. The van der Waals surface area contributed by atoms with E-state index >= 15 is 0 Å². The van der Waals surface area contributed by atoms with Gasteiger partial charge in [-0.15, -0.1) is 0 Å². The zero-order valence-corrected chi connectivity index (χ0v) is 12.2. The largest absolute Gasteiger partial charge is 0.480 e. The molecule has 5 heteroatoms. The van der Waals surface area contributed by atoms with Crippen molar-refractivity contribution >= 4 is 11.9 Å². The fourth-order valence-electron chi connectivity index (χ4n) is 2.54. The van der Waals surface area contributed by atoms with E-state index in [0.717, 1.165) is 38.8 Å². The highest BCUT2D eigenvalue weighted by Crippen LogP contribution is 2.20. The number of carboxylic acids is 1. The summed E-state index contributed by atoms with van der Waals surface area (Å²) in [7, 11) is 0. The molecule has 1 aliphatic heterocycles. The molecule has 1 unspecified atom stereocenters. The smallest absolute Gasteiger partial charge is 0.339 e. The molecule has 0 bridgehead atoms. The molecule has 0 aromatic heterocycles. The predicted octanol–water partition coefficient (Wildman–Crippen LogP) is 2.55. The van der Waals surface area contributed by atoms with Crippen LogP contribution in [0.3, 0.4) is 0 Å². The number of hydrogen-bond acceptors (Lipinski definition) is 3. The zero-order chi connectivity index (χ0) is 15.2. The maximum absolute atomic E-state index is 12.4. The molecule has 0 saturated carbocycles. The summed E-state index contributed by atoms with van der Waals surface area (Å²) in [5, 5.41) is 9.13. The van der Waals surface area contributed by atoms with Crippen molar-refractivity contribution in [1.29, 1.82) is 0 Å². The number of carboxylic acid groups (broad SMARTS) is 1. The molecule has 1 heterocycles. The molecule has 114 valence electrons. The standard InChI is InChI=1S/C16H21NO4/c1-12(15(18)17-10-6-2-3-7-11-17)21-14-9-5-4-8-13(14)16(19)20/h4-5,8-9,12H,2-3,6-7,10-11H2,1H3,(H,19,20). The lowest BCUT2D eigenvalue weighted by Crippen LogP contribution is -2.41. The molecule has 0 radical (unpaired) electrons. The van der Waals surface area contributed by atoms with Crippen LogP contribution in [-0.2, 0) is 4.79 Å². The van der Waals surface area contributed by atoms with E-state index in [-0.39, 0.29) is 17.2 Å². The molecule has 1 fully saturated rings. The average molecular weight is 291 g/mol. The first kappa shape index (κ1) is 15.4. The Morgan fingerprint density at radius 3 is 2.38 bits per heavy atom. The Bertz CT molecular complexity index is 507. The minimum absolute atomic E-state index is 0.0721. The summed E-state index contributed by atoms with van der Waals surface area (Å²) in [6, 6.07) is 6.39. The summed E-state index contributed by atoms with van der Waals surface area (Å²) in [6.45, 7) is 3.19. The van der Waals surface area contributed by atoms with Crippen molar-refractivity contribution in [3.8, 4) is 5.75 Å². The second-order valence-electron chi connectivity index (χ2n) is 5.30. The maximum atomic E-state index is 12.4. The highest BCUT2D eigenvalue weighted by molar-refractivity contribution is 5.91. The highest BCUT2D eigenvalue weighted by atomic mass is 16.5. The second kappa shape index (κ2) is 7.11. The molecule has 1 N–H and O–H groups in total. The minimum Gasteiger partial charge on any atom is -0.480 e. The normalized spacial score (nSPS) is 16.9. The van der Waals surface area contributed by atoms with E-state index in [1.807, 2.05) is 4.90 Å². The topological polar surface area (TPSA) is 66.8 Å². The molecule has 5 nitrogen and oxygen atoms in total. The first-order chi connectivity index (χ1) is 10.1. The maximum Gasteiger partial charge on any atom is 0.339 e. The second-order valence-corrected chi connectivity index (χ2v) is 5.30. The summed E-state index contributed by atoms with van der Waals surface area (Å²) in [5.41, 5.74) is 0.0769. The Hall–Kier alpha value is -2.04. The number of nitrogens with zero attached hydrogens (tertiary/aromatic N) is 1. The van der Waals surface area contributed by atoms with E-state index in [1.165, 1.54) is 6.07 Å². The Morgan fingerprint density at radius 1 is 1.14 bits per heavy atom. The fraction of sp³-hybridized carbons (Fsp3) is 0.500. The number of aromatic carboxylic acids is 1. The van der Waals surface area contributed by atoms with Crippen LogP contribution in [0.25, 0.3) is 0 Å². The van der Waals surface area contributed by atoms with Crippen LogP contribution in [0.2, 0.25) is 0 Å². The van der Waals surface area contributed by atoms with Gasteiger partial charge in [-0.3, -0.25) is 4.79 Å². The highest BCUT2D eigenvalue weighted by Gasteiger charge is 2.24. The third-order valence-electron chi connectivity index (χ3n) is 3.69. The van der Waals surface area contributed by atoms with Crippen molar-refractivity contribution in [1.82, 2.24) is 4.90 Å². The number of para-hydroxylation sites is 1. The molecular weight excluding hydrogens is 270 g/mol. The van der Waals surface area contributed by atoms with Gasteiger partial charge in [0.1, 0.15) is 11.3 Å². The summed E-state index contributed by atoms with van der Waals surface area (Å²) >= 11 is 0. The molecule has 1 saturated heterocycles. The summed E-state index contributed by atoms with van der Waals surface area (Å²) in [5.74, 6) is -0.891. The quantitative estimate of drug-likeness (QED) is 0.925. The average Bonchev–Trinajstić information content (AvgIpc) is 2.75. The van der Waals surface area contributed by atoms with Gasteiger partial charge in [-0.25, -0.2) is 4.79 Å². The van der Waals surface area contributed by atoms with Crippen molar-refractivity contribution in [2.24, 2.45) is 0 Å². The van der Waals surface area contributed by atoms with Gasteiger partial charge in [0, 0.05) is 13.1 Å². The Morgan fingerprint density at radius 2 is 1.76 bits per heavy atom. The number of carbonyl (C=O) groups is 2. The lowest BCUT2D eigenvalue weighted by Gasteiger charge is -2.24. The third kappa shape index (κ3) is 3.97. The minimum atomic E-state index is -1.06. The number of rotatable bonds is 4. The monoisotopic (exact) mass is 291 g/mol. The van der Waals surface area contributed by atoms with E-state index in [0.29, 0.717) is 0 Å².